The van der Waals surface area contributed by atoms with Crippen LogP contribution in [-0.2, 0) is 13.2 Å². The number of benzene rings is 2. The van der Waals surface area contributed by atoms with Crippen LogP contribution in [0.4, 0.5) is 5.69 Å². The summed E-state index contributed by atoms with van der Waals surface area (Å²) in [5.41, 5.74) is 3.62. The summed E-state index contributed by atoms with van der Waals surface area (Å²) in [7, 11) is 0. The van der Waals surface area contributed by atoms with E-state index in [-0.39, 0.29) is 6.61 Å². The van der Waals surface area contributed by atoms with Crippen LogP contribution in [0.2, 0.25) is 0 Å². The van der Waals surface area contributed by atoms with Gasteiger partial charge in [-0.15, -0.1) is 0 Å². The average molecular weight is 238 g/mol. The maximum absolute atomic E-state index is 8.95. The highest BCUT2D eigenvalue weighted by Crippen LogP contribution is 2.12. The molecule has 2 aromatic rings. The van der Waals surface area contributed by atoms with Gasteiger partial charge >= 0.3 is 0 Å². The maximum Gasteiger partial charge on any atom is 0.0992 e. The van der Waals surface area contributed by atoms with E-state index in [0.717, 1.165) is 16.8 Å². The average Bonchev–Trinajstić information content (AvgIpc) is 2.46. The lowest BCUT2D eigenvalue weighted by molar-refractivity contribution is 0.282. The summed E-state index contributed by atoms with van der Waals surface area (Å²) in [6.07, 6.45) is 0. The first kappa shape index (κ1) is 12.2. The Bertz CT molecular complexity index is 555. The Balaban J connectivity index is 2.00. The molecule has 0 saturated heterocycles. The highest BCUT2D eigenvalue weighted by atomic mass is 16.3. The van der Waals surface area contributed by atoms with E-state index in [1.54, 1.807) is 6.07 Å². The molecule has 0 amide bonds. The third-order valence-corrected chi connectivity index (χ3v) is 2.69. The Morgan fingerprint density at radius 1 is 1.06 bits per heavy atom. The summed E-state index contributed by atoms with van der Waals surface area (Å²) in [5, 5.41) is 21.0. The SMILES string of the molecule is N#Cc1cccc(NCc2ccc(CO)cc2)c1. The number of nitriles is 1. The fourth-order valence-electron chi connectivity index (χ4n) is 1.67. The minimum atomic E-state index is 0.0674. The van der Waals surface area contributed by atoms with Crippen molar-refractivity contribution in [3.63, 3.8) is 0 Å². The lowest BCUT2D eigenvalue weighted by Crippen LogP contribution is -1.99. The third-order valence-electron chi connectivity index (χ3n) is 2.69. The topological polar surface area (TPSA) is 56.0 Å². The van der Waals surface area contributed by atoms with Gasteiger partial charge < -0.3 is 10.4 Å². The number of anilines is 1. The van der Waals surface area contributed by atoms with E-state index in [1.165, 1.54) is 0 Å². The predicted octanol–water partition coefficient (Wildman–Crippen LogP) is 2.66. The molecule has 90 valence electrons. The van der Waals surface area contributed by atoms with Crippen LogP contribution < -0.4 is 5.32 Å². The molecular weight excluding hydrogens is 224 g/mol. The van der Waals surface area contributed by atoms with Gasteiger partial charge in [0.15, 0.2) is 0 Å². The smallest absolute Gasteiger partial charge is 0.0992 e. The molecule has 0 bridgehead atoms. The van der Waals surface area contributed by atoms with Crippen LogP contribution in [0.5, 0.6) is 0 Å². The minimum Gasteiger partial charge on any atom is -0.392 e. The number of aliphatic hydroxyl groups is 1. The molecule has 0 unspecified atom stereocenters. The quantitative estimate of drug-likeness (QED) is 0.861. The molecule has 0 radical (unpaired) electrons. The first-order valence-electron chi connectivity index (χ1n) is 5.74. The summed E-state index contributed by atoms with van der Waals surface area (Å²) in [6, 6.07) is 17.3. The predicted molar refractivity (Wildman–Crippen MR) is 70.8 cm³/mol. The molecule has 2 N–H and O–H groups in total. The van der Waals surface area contributed by atoms with Crippen molar-refractivity contribution < 1.29 is 5.11 Å². The zero-order valence-corrected chi connectivity index (χ0v) is 9.93. The normalized spacial score (nSPS) is 9.78. The Morgan fingerprint density at radius 2 is 1.78 bits per heavy atom. The van der Waals surface area contributed by atoms with Crippen LogP contribution in [0.1, 0.15) is 16.7 Å². The van der Waals surface area contributed by atoms with Crippen molar-refractivity contribution in [2.45, 2.75) is 13.2 Å². The molecule has 3 heteroatoms. The van der Waals surface area contributed by atoms with Crippen LogP contribution >= 0.6 is 0 Å². The molecule has 0 heterocycles. The van der Waals surface area contributed by atoms with Gasteiger partial charge in [-0.2, -0.15) is 5.26 Å². The van der Waals surface area contributed by atoms with Crippen LogP contribution in [0.25, 0.3) is 0 Å². The van der Waals surface area contributed by atoms with E-state index in [9.17, 15) is 0 Å². The Hall–Kier alpha value is -2.31. The zero-order chi connectivity index (χ0) is 12.8. The van der Waals surface area contributed by atoms with Gasteiger partial charge in [0.25, 0.3) is 0 Å². The second-order valence-electron chi connectivity index (χ2n) is 4.02. The number of hydrogen-bond donors (Lipinski definition) is 2. The molecule has 18 heavy (non-hydrogen) atoms. The highest BCUT2D eigenvalue weighted by Gasteiger charge is 1.96. The van der Waals surface area contributed by atoms with Crippen molar-refractivity contribution in [3.05, 3.63) is 65.2 Å². The fourth-order valence-corrected chi connectivity index (χ4v) is 1.67. The van der Waals surface area contributed by atoms with E-state index < -0.39 is 0 Å². The molecule has 0 spiro atoms. The highest BCUT2D eigenvalue weighted by molar-refractivity contribution is 5.49. The lowest BCUT2D eigenvalue weighted by atomic mass is 10.1. The summed E-state index contributed by atoms with van der Waals surface area (Å²) in [6.45, 7) is 0.762. The van der Waals surface area contributed by atoms with E-state index in [1.807, 2.05) is 42.5 Å². The first-order valence-corrected chi connectivity index (χ1v) is 5.74. The molecule has 0 fully saturated rings. The van der Waals surface area contributed by atoms with E-state index in [2.05, 4.69) is 11.4 Å². The Kier molecular flexibility index (Phi) is 3.95. The molecule has 2 rings (SSSR count). The van der Waals surface area contributed by atoms with Gasteiger partial charge in [-0.05, 0) is 29.3 Å². The van der Waals surface area contributed by atoms with E-state index >= 15 is 0 Å². The number of nitrogens with zero attached hydrogens (tertiary/aromatic N) is 1. The molecule has 0 aliphatic carbocycles. The van der Waals surface area contributed by atoms with Crippen LogP contribution in [-0.4, -0.2) is 5.11 Å². The second-order valence-corrected chi connectivity index (χ2v) is 4.02. The van der Waals surface area contributed by atoms with Crippen molar-refractivity contribution in [3.8, 4) is 6.07 Å². The first-order chi connectivity index (χ1) is 8.81. The summed E-state index contributed by atoms with van der Waals surface area (Å²) in [4.78, 5) is 0. The second kappa shape index (κ2) is 5.85. The molecule has 0 aromatic heterocycles. The molecule has 0 aliphatic rings. The van der Waals surface area contributed by atoms with Crippen molar-refractivity contribution >= 4 is 5.69 Å². The van der Waals surface area contributed by atoms with Crippen molar-refractivity contribution in [2.24, 2.45) is 0 Å². The maximum atomic E-state index is 8.95. The van der Waals surface area contributed by atoms with Crippen LogP contribution in [0, 0.1) is 11.3 Å². The van der Waals surface area contributed by atoms with Gasteiger partial charge in [0, 0.05) is 12.2 Å². The summed E-state index contributed by atoms with van der Waals surface area (Å²) in [5.74, 6) is 0. The molecule has 3 nitrogen and oxygen atoms in total. The van der Waals surface area contributed by atoms with Gasteiger partial charge in [0.2, 0.25) is 0 Å². The summed E-state index contributed by atoms with van der Waals surface area (Å²) >= 11 is 0. The van der Waals surface area contributed by atoms with Gasteiger partial charge in [0.1, 0.15) is 0 Å². The van der Waals surface area contributed by atoms with E-state index in [4.69, 9.17) is 10.4 Å². The van der Waals surface area contributed by atoms with Crippen molar-refractivity contribution in [2.75, 3.05) is 5.32 Å². The Morgan fingerprint density at radius 3 is 2.44 bits per heavy atom. The van der Waals surface area contributed by atoms with Gasteiger partial charge in [0.05, 0.1) is 18.2 Å². The Labute approximate surface area is 106 Å². The van der Waals surface area contributed by atoms with Crippen LogP contribution in [0.15, 0.2) is 48.5 Å². The van der Waals surface area contributed by atoms with Gasteiger partial charge in [-0.3, -0.25) is 0 Å². The molecule has 0 atom stereocenters. The molecule has 0 aliphatic heterocycles. The molecule has 0 saturated carbocycles. The third kappa shape index (κ3) is 3.09. The monoisotopic (exact) mass is 238 g/mol. The van der Waals surface area contributed by atoms with Crippen molar-refractivity contribution in [1.29, 1.82) is 5.26 Å². The lowest BCUT2D eigenvalue weighted by Gasteiger charge is -2.07. The molecule has 2 aromatic carbocycles. The number of hydrogen-bond acceptors (Lipinski definition) is 3. The van der Waals surface area contributed by atoms with Crippen LogP contribution in [0.3, 0.4) is 0 Å². The van der Waals surface area contributed by atoms with Gasteiger partial charge in [-0.1, -0.05) is 30.3 Å². The zero-order valence-electron chi connectivity index (χ0n) is 9.93. The van der Waals surface area contributed by atoms with E-state index in [0.29, 0.717) is 12.1 Å². The van der Waals surface area contributed by atoms with Gasteiger partial charge in [-0.25, -0.2) is 0 Å². The number of aliphatic hydroxyl groups excluding tert-OH is 1. The minimum absolute atomic E-state index is 0.0674. The fraction of sp³-hybridized carbons (Fsp3) is 0.133. The van der Waals surface area contributed by atoms with Crippen molar-refractivity contribution in [1.82, 2.24) is 0 Å². The molecular formula is C15H14N2O. The standard InChI is InChI=1S/C15H14N2O/c16-9-14-2-1-3-15(8-14)17-10-12-4-6-13(11-18)7-5-12/h1-8,17-18H,10-11H2. The number of rotatable bonds is 4. The largest absolute Gasteiger partial charge is 0.392 e. The number of nitrogens with one attached hydrogen (secondary N) is 1. The summed E-state index contributed by atoms with van der Waals surface area (Å²) < 4.78 is 0.